The highest BCUT2D eigenvalue weighted by molar-refractivity contribution is 5.58. The lowest BCUT2D eigenvalue weighted by molar-refractivity contribution is 0.0828. The predicted octanol–water partition coefficient (Wildman–Crippen LogP) is 3.89. The molecule has 4 rings (SSSR count). The minimum Gasteiger partial charge on any atom is -0.378 e. The summed E-state index contributed by atoms with van der Waals surface area (Å²) in [6, 6.07) is 11.3. The van der Waals surface area contributed by atoms with Crippen molar-refractivity contribution < 1.29 is 4.74 Å². The van der Waals surface area contributed by atoms with Crippen LogP contribution in [0.15, 0.2) is 42.7 Å². The first-order valence-electron chi connectivity index (χ1n) is 7.77. The summed E-state index contributed by atoms with van der Waals surface area (Å²) in [6.07, 6.45) is 6.15. The molecule has 3 heteroatoms. The second kappa shape index (κ2) is 5.15. The Hall–Kier alpha value is -1.87. The summed E-state index contributed by atoms with van der Waals surface area (Å²) < 4.78 is 6.08. The number of aryl methyl sites for hydroxylation is 1. The number of ether oxygens (including phenoxy) is 1. The Morgan fingerprint density at radius 3 is 2.90 bits per heavy atom. The molecule has 0 amide bonds. The number of aromatic nitrogens is 1. The third kappa shape index (κ3) is 2.12. The zero-order valence-corrected chi connectivity index (χ0v) is 12.3. The largest absolute Gasteiger partial charge is 0.378 e. The first-order valence-corrected chi connectivity index (χ1v) is 7.77. The Kier molecular flexibility index (Phi) is 3.15. The number of hydrogen-bond donors (Lipinski definition) is 1. The Morgan fingerprint density at radius 2 is 2.10 bits per heavy atom. The van der Waals surface area contributed by atoms with E-state index in [-0.39, 0.29) is 6.10 Å². The molecule has 3 nitrogen and oxygen atoms in total. The smallest absolute Gasteiger partial charge is 0.0896 e. The predicted molar refractivity (Wildman–Crippen MR) is 83.2 cm³/mol. The van der Waals surface area contributed by atoms with Crippen molar-refractivity contribution in [2.45, 2.75) is 31.9 Å². The van der Waals surface area contributed by atoms with Gasteiger partial charge in [0, 0.05) is 36.2 Å². The second-order valence-electron chi connectivity index (χ2n) is 5.92. The van der Waals surface area contributed by atoms with Gasteiger partial charge in [0.2, 0.25) is 0 Å². The average Bonchev–Trinajstić information content (AvgIpc) is 3.04. The fraction of sp³-hybridized carbons (Fsp3) is 0.389. The minimum absolute atomic E-state index is 0.228. The van der Waals surface area contributed by atoms with E-state index < -0.39 is 0 Å². The highest BCUT2D eigenvalue weighted by atomic mass is 16.5. The van der Waals surface area contributed by atoms with Gasteiger partial charge < -0.3 is 10.1 Å². The van der Waals surface area contributed by atoms with Gasteiger partial charge in [0.05, 0.1) is 12.1 Å². The molecule has 108 valence electrons. The van der Waals surface area contributed by atoms with E-state index in [1.54, 1.807) is 0 Å². The molecular weight excluding hydrogens is 260 g/mol. The van der Waals surface area contributed by atoms with E-state index in [4.69, 9.17) is 4.74 Å². The molecule has 0 radical (unpaired) electrons. The van der Waals surface area contributed by atoms with Crippen LogP contribution in [0.3, 0.4) is 0 Å². The topological polar surface area (TPSA) is 34.1 Å². The summed E-state index contributed by atoms with van der Waals surface area (Å²) in [7, 11) is 0. The Balaban J connectivity index is 1.77. The van der Waals surface area contributed by atoms with Gasteiger partial charge in [-0.2, -0.15) is 0 Å². The number of pyridine rings is 1. The molecule has 1 aromatic carbocycles. The van der Waals surface area contributed by atoms with E-state index in [9.17, 15) is 0 Å². The van der Waals surface area contributed by atoms with Gasteiger partial charge in [-0.1, -0.05) is 19.1 Å². The standard InChI is InChI=1S/C18H20N2O/c1-2-12-3-4-16-15(11-12)18-14(7-10-21-18)17(20-16)13-5-8-19-9-6-13/h3-6,8-9,11,14,17-18,20H,2,7,10H2,1H3/t14-,17+,18-/m0/s1. The van der Waals surface area contributed by atoms with Crippen molar-refractivity contribution in [3.63, 3.8) is 0 Å². The molecule has 0 saturated carbocycles. The Labute approximate surface area is 125 Å². The number of benzene rings is 1. The summed E-state index contributed by atoms with van der Waals surface area (Å²) in [5.74, 6) is 0.506. The Morgan fingerprint density at radius 1 is 1.24 bits per heavy atom. The maximum atomic E-state index is 6.08. The van der Waals surface area contributed by atoms with Crippen molar-refractivity contribution in [2.75, 3.05) is 11.9 Å². The lowest BCUT2D eigenvalue weighted by Gasteiger charge is -2.36. The van der Waals surface area contributed by atoms with Gasteiger partial charge in [-0.3, -0.25) is 4.98 Å². The van der Waals surface area contributed by atoms with Crippen molar-refractivity contribution in [1.29, 1.82) is 0 Å². The molecule has 0 aliphatic carbocycles. The van der Waals surface area contributed by atoms with E-state index in [1.165, 1.54) is 22.4 Å². The molecule has 3 atom stereocenters. The normalized spacial score (nSPS) is 26.8. The zero-order chi connectivity index (χ0) is 14.2. The molecule has 0 spiro atoms. The van der Waals surface area contributed by atoms with Crippen LogP contribution in [0, 0.1) is 5.92 Å². The van der Waals surface area contributed by atoms with E-state index in [2.05, 4.69) is 47.6 Å². The van der Waals surface area contributed by atoms with Gasteiger partial charge in [-0.15, -0.1) is 0 Å². The molecule has 2 aromatic rings. The summed E-state index contributed by atoms with van der Waals surface area (Å²) in [5.41, 5.74) is 5.24. The quantitative estimate of drug-likeness (QED) is 0.906. The maximum Gasteiger partial charge on any atom is 0.0896 e. The minimum atomic E-state index is 0.228. The molecule has 1 aromatic heterocycles. The zero-order valence-electron chi connectivity index (χ0n) is 12.3. The summed E-state index contributed by atoms with van der Waals surface area (Å²) in [5, 5.41) is 3.73. The van der Waals surface area contributed by atoms with Gasteiger partial charge in [-0.05, 0) is 42.2 Å². The lowest BCUT2D eigenvalue weighted by Crippen LogP contribution is -2.29. The van der Waals surface area contributed by atoms with Crippen LogP contribution in [0.5, 0.6) is 0 Å². The van der Waals surface area contributed by atoms with E-state index >= 15 is 0 Å². The van der Waals surface area contributed by atoms with E-state index in [1.807, 2.05) is 12.4 Å². The second-order valence-corrected chi connectivity index (χ2v) is 5.92. The molecule has 3 heterocycles. The molecule has 2 aliphatic heterocycles. The van der Waals surface area contributed by atoms with Crippen LogP contribution in [0.25, 0.3) is 0 Å². The van der Waals surface area contributed by atoms with Crippen LogP contribution in [0.4, 0.5) is 5.69 Å². The van der Waals surface area contributed by atoms with Crippen molar-refractivity contribution >= 4 is 5.69 Å². The van der Waals surface area contributed by atoms with Gasteiger partial charge in [0.1, 0.15) is 0 Å². The van der Waals surface area contributed by atoms with E-state index in [0.29, 0.717) is 12.0 Å². The fourth-order valence-electron chi connectivity index (χ4n) is 3.64. The van der Waals surface area contributed by atoms with Crippen LogP contribution >= 0.6 is 0 Å². The summed E-state index contributed by atoms with van der Waals surface area (Å²) in [6.45, 7) is 3.05. The first-order chi connectivity index (χ1) is 10.4. The van der Waals surface area contributed by atoms with Crippen LogP contribution < -0.4 is 5.32 Å². The van der Waals surface area contributed by atoms with Crippen LogP contribution in [0.2, 0.25) is 0 Å². The molecule has 0 unspecified atom stereocenters. The van der Waals surface area contributed by atoms with Crippen LogP contribution in [-0.2, 0) is 11.2 Å². The number of fused-ring (bicyclic) bond motifs is 3. The molecule has 1 saturated heterocycles. The fourth-order valence-corrected chi connectivity index (χ4v) is 3.64. The van der Waals surface area contributed by atoms with Gasteiger partial charge in [-0.25, -0.2) is 0 Å². The highest BCUT2D eigenvalue weighted by Gasteiger charge is 2.41. The molecule has 1 N–H and O–H groups in total. The molecule has 2 aliphatic rings. The summed E-state index contributed by atoms with van der Waals surface area (Å²) in [4.78, 5) is 4.13. The molecule has 0 bridgehead atoms. The number of nitrogens with one attached hydrogen (secondary N) is 1. The number of nitrogens with zero attached hydrogens (tertiary/aromatic N) is 1. The van der Waals surface area contributed by atoms with Crippen LogP contribution in [0.1, 0.15) is 42.2 Å². The number of hydrogen-bond acceptors (Lipinski definition) is 3. The van der Waals surface area contributed by atoms with Crippen molar-refractivity contribution in [3.8, 4) is 0 Å². The first kappa shape index (κ1) is 12.8. The van der Waals surface area contributed by atoms with Gasteiger partial charge in [0.25, 0.3) is 0 Å². The van der Waals surface area contributed by atoms with Crippen molar-refractivity contribution in [3.05, 3.63) is 59.4 Å². The molecular formula is C18H20N2O. The van der Waals surface area contributed by atoms with Crippen LogP contribution in [-0.4, -0.2) is 11.6 Å². The number of rotatable bonds is 2. The number of anilines is 1. The maximum absolute atomic E-state index is 6.08. The van der Waals surface area contributed by atoms with Gasteiger partial charge >= 0.3 is 0 Å². The third-order valence-electron chi connectivity index (χ3n) is 4.77. The SMILES string of the molecule is CCc1ccc2c(c1)[C@H]1OCC[C@H]1[C@@H](c1ccncc1)N2. The molecule has 21 heavy (non-hydrogen) atoms. The monoisotopic (exact) mass is 280 g/mol. The van der Waals surface area contributed by atoms with Gasteiger partial charge in [0.15, 0.2) is 0 Å². The third-order valence-corrected chi connectivity index (χ3v) is 4.77. The summed E-state index contributed by atoms with van der Waals surface area (Å²) >= 11 is 0. The Bertz CT molecular complexity index is 641. The average molecular weight is 280 g/mol. The highest BCUT2D eigenvalue weighted by Crippen LogP contribution is 2.49. The van der Waals surface area contributed by atoms with Crippen molar-refractivity contribution in [1.82, 2.24) is 4.98 Å². The van der Waals surface area contributed by atoms with E-state index in [0.717, 1.165) is 19.4 Å². The molecule has 1 fully saturated rings. The lowest BCUT2D eigenvalue weighted by atomic mass is 9.81. The van der Waals surface area contributed by atoms with Crippen molar-refractivity contribution in [2.24, 2.45) is 5.92 Å².